The van der Waals surface area contributed by atoms with E-state index in [9.17, 15) is 0 Å². The van der Waals surface area contributed by atoms with Gasteiger partial charge in [0.15, 0.2) is 11.9 Å². The second kappa shape index (κ2) is 6.50. The van der Waals surface area contributed by atoms with E-state index >= 15 is 0 Å². The normalized spacial score (nSPS) is 26.6. The molecule has 0 spiro atoms. The lowest BCUT2D eigenvalue weighted by atomic mass is 9.86. The van der Waals surface area contributed by atoms with E-state index in [1.165, 1.54) is 19.3 Å². The largest absolute Gasteiger partial charge is 0.370 e. The van der Waals surface area contributed by atoms with E-state index in [0.717, 1.165) is 6.42 Å². The van der Waals surface area contributed by atoms with E-state index in [2.05, 4.69) is 17.2 Å². The summed E-state index contributed by atoms with van der Waals surface area (Å²) in [7, 11) is 0. The summed E-state index contributed by atoms with van der Waals surface area (Å²) in [5, 5.41) is 9.50. The number of hydrogen-bond donors (Lipinski definition) is 4. The summed E-state index contributed by atoms with van der Waals surface area (Å²) in [6.07, 6.45) is 4.79. The van der Waals surface area contributed by atoms with Crippen LogP contribution in [0.4, 0.5) is 0 Å². The van der Waals surface area contributed by atoms with E-state index < -0.39 is 0 Å². The molecular formula is C9H20ClN5. The molecule has 0 heterocycles. The molecule has 2 atom stereocenters. The molecule has 0 aromatic carbocycles. The van der Waals surface area contributed by atoms with Gasteiger partial charge in [-0.1, -0.05) is 19.8 Å². The molecule has 0 radical (unpaired) electrons. The molecule has 0 amide bonds. The second-order valence-corrected chi connectivity index (χ2v) is 3.88. The van der Waals surface area contributed by atoms with Gasteiger partial charge in [0.25, 0.3) is 0 Å². The van der Waals surface area contributed by atoms with Gasteiger partial charge >= 0.3 is 0 Å². The first-order chi connectivity index (χ1) is 6.59. The molecule has 1 saturated carbocycles. The number of rotatable bonds is 1. The SMILES string of the molecule is CC1CCCCC1N=C(N)NC(=N)N.Cl. The van der Waals surface area contributed by atoms with Gasteiger partial charge in [0.2, 0.25) is 0 Å². The van der Waals surface area contributed by atoms with E-state index in [4.69, 9.17) is 16.9 Å². The summed E-state index contributed by atoms with van der Waals surface area (Å²) in [6, 6.07) is 0.288. The molecule has 6 heteroatoms. The van der Waals surface area contributed by atoms with Crippen molar-refractivity contribution in [1.82, 2.24) is 5.32 Å². The molecule has 6 N–H and O–H groups in total. The van der Waals surface area contributed by atoms with Crippen molar-refractivity contribution in [1.29, 1.82) is 5.41 Å². The van der Waals surface area contributed by atoms with Crippen LogP contribution in [0.2, 0.25) is 0 Å². The van der Waals surface area contributed by atoms with Gasteiger partial charge in [0, 0.05) is 0 Å². The van der Waals surface area contributed by atoms with Gasteiger partial charge < -0.3 is 11.5 Å². The Balaban J connectivity index is 0.00000196. The molecule has 88 valence electrons. The number of nitrogens with zero attached hydrogens (tertiary/aromatic N) is 1. The highest BCUT2D eigenvalue weighted by atomic mass is 35.5. The van der Waals surface area contributed by atoms with Crippen LogP contribution >= 0.6 is 12.4 Å². The van der Waals surface area contributed by atoms with Crippen LogP contribution in [-0.4, -0.2) is 18.0 Å². The Labute approximate surface area is 96.6 Å². The van der Waals surface area contributed by atoms with Crippen molar-refractivity contribution in [3.63, 3.8) is 0 Å². The van der Waals surface area contributed by atoms with Gasteiger partial charge in [-0.05, 0) is 18.8 Å². The molecule has 0 aromatic rings. The molecule has 0 aliphatic heterocycles. The van der Waals surface area contributed by atoms with Crippen LogP contribution < -0.4 is 16.8 Å². The summed E-state index contributed by atoms with van der Waals surface area (Å²) in [5.41, 5.74) is 10.7. The minimum atomic E-state index is -0.158. The smallest absolute Gasteiger partial charge is 0.195 e. The van der Waals surface area contributed by atoms with Crippen LogP contribution in [0.25, 0.3) is 0 Å². The summed E-state index contributed by atoms with van der Waals surface area (Å²) >= 11 is 0. The predicted molar refractivity (Wildman–Crippen MR) is 65.3 cm³/mol. The standard InChI is InChI=1S/C9H19N5.ClH/c1-6-4-2-3-5-7(6)13-9(12)14-8(10)11;/h6-7H,2-5H2,1H3,(H6,10,11,12,13,14);1H. The molecule has 1 rings (SSSR count). The monoisotopic (exact) mass is 233 g/mol. The van der Waals surface area contributed by atoms with Gasteiger partial charge in [-0.2, -0.15) is 0 Å². The highest BCUT2D eigenvalue weighted by molar-refractivity contribution is 5.95. The van der Waals surface area contributed by atoms with Gasteiger partial charge in [-0.25, -0.2) is 4.99 Å². The molecule has 1 fully saturated rings. The molecule has 5 nitrogen and oxygen atoms in total. The van der Waals surface area contributed by atoms with Crippen molar-refractivity contribution >= 4 is 24.3 Å². The zero-order valence-electron chi connectivity index (χ0n) is 8.99. The van der Waals surface area contributed by atoms with Crippen molar-refractivity contribution in [3.8, 4) is 0 Å². The summed E-state index contributed by atoms with van der Waals surface area (Å²) in [5.74, 6) is 0.682. The van der Waals surface area contributed by atoms with Crippen LogP contribution in [0.15, 0.2) is 4.99 Å². The number of nitrogens with two attached hydrogens (primary N) is 2. The van der Waals surface area contributed by atoms with Gasteiger partial charge in [-0.3, -0.25) is 10.7 Å². The van der Waals surface area contributed by atoms with Crippen LogP contribution in [0.3, 0.4) is 0 Å². The maximum atomic E-state index is 7.00. The third kappa shape index (κ3) is 4.88. The Morgan fingerprint density at radius 1 is 1.33 bits per heavy atom. The Bertz CT molecular complexity index is 241. The minimum Gasteiger partial charge on any atom is -0.370 e. The number of halogens is 1. The average Bonchev–Trinajstić information content (AvgIpc) is 2.07. The molecule has 0 saturated heterocycles. The fraction of sp³-hybridized carbons (Fsp3) is 0.778. The maximum Gasteiger partial charge on any atom is 0.195 e. The van der Waals surface area contributed by atoms with Crippen molar-refractivity contribution in [3.05, 3.63) is 0 Å². The first kappa shape index (κ1) is 14.0. The average molecular weight is 234 g/mol. The van der Waals surface area contributed by atoms with E-state index in [1.54, 1.807) is 0 Å². The van der Waals surface area contributed by atoms with E-state index in [-0.39, 0.29) is 30.4 Å². The predicted octanol–water partition coefficient (Wildman–Crippen LogP) is 0.785. The summed E-state index contributed by atoms with van der Waals surface area (Å²) in [4.78, 5) is 4.32. The Morgan fingerprint density at radius 3 is 2.47 bits per heavy atom. The summed E-state index contributed by atoms with van der Waals surface area (Å²) in [6.45, 7) is 2.19. The fourth-order valence-electron chi connectivity index (χ4n) is 1.84. The molecule has 15 heavy (non-hydrogen) atoms. The minimum absolute atomic E-state index is 0. The molecular weight excluding hydrogens is 214 g/mol. The molecule has 1 aliphatic rings. The first-order valence-electron chi connectivity index (χ1n) is 5.04. The van der Waals surface area contributed by atoms with Crippen LogP contribution in [0.1, 0.15) is 32.6 Å². The van der Waals surface area contributed by atoms with E-state index in [0.29, 0.717) is 5.92 Å². The van der Waals surface area contributed by atoms with Gasteiger partial charge in [-0.15, -0.1) is 12.4 Å². The lowest BCUT2D eigenvalue weighted by Crippen LogP contribution is -2.42. The molecule has 1 aliphatic carbocycles. The van der Waals surface area contributed by atoms with Crippen LogP contribution in [0.5, 0.6) is 0 Å². The fourth-order valence-corrected chi connectivity index (χ4v) is 1.84. The highest BCUT2D eigenvalue weighted by Gasteiger charge is 2.20. The number of aliphatic imine (C=N–C) groups is 1. The molecule has 0 bridgehead atoms. The Morgan fingerprint density at radius 2 is 1.93 bits per heavy atom. The first-order valence-corrected chi connectivity index (χ1v) is 5.04. The number of hydrogen-bond acceptors (Lipinski definition) is 2. The van der Waals surface area contributed by atoms with E-state index in [1.807, 2.05) is 0 Å². The zero-order valence-corrected chi connectivity index (χ0v) is 9.81. The second-order valence-electron chi connectivity index (χ2n) is 3.88. The quantitative estimate of drug-likeness (QED) is 0.398. The van der Waals surface area contributed by atoms with Gasteiger partial charge in [0.1, 0.15) is 0 Å². The van der Waals surface area contributed by atoms with Crippen molar-refractivity contribution in [2.75, 3.05) is 0 Å². The Kier molecular flexibility index (Phi) is 6.08. The lowest BCUT2D eigenvalue weighted by Gasteiger charge is -2.25. The van der Waals surface area contributed by atoms with Crippen molar-refractivity contribution < 1.29 is 0 Å². The lowest BCUT2D eigenvalue weighted by molar-refractivity contribution is 0.332. The third-order valence-electron chi connectivity index (χ3n) is 2.63. The zero-order chi connectivity index (χ0) is 10.6. The summed E-state index contributed by atoms with van der Waals surface area (Å²) < 4.78 is 0. The van der Waals surface area contributed by atoms with Crippen molar-refractivity contribution in [2.45, 2.75) is 38.6 Å². The third-order valence-corrected chi connectivity index (χ3v) is 2.63. The number of nitrogens with one attached hydrogen (secondary N) is 2. The Hall–Kier alpha value is -0.970. The van der Waals surface area contributed by atoms with Crippen LogP contribution in [0, 0.1) is 11.3 Å². The van der Waals surface area contributed by atoms with Crippen molar-refractivity contribution in [2.24, 2.45) is 22.4 Å². The molecule has 0 aromatic heterocycles. The molecule has 2 unspecified atom stereocenters. The number of guanidine groups is 2. The maximum absolute atomic E-state index is 7.00. The van der Waals surface area contributed by atoms with Gasteiger partial charge in [0.05, 0.1) is 6.04 Å². The topological polar surface area (TPSA) is 100 Å². The van der Waals surface area contributed by atoms with Crippen LogP contribution in [-0.2, 0) is 0 Å². The highest BCUT2D eigenvalue weighted by Crippen LogP contribution is 2.25.